The zero-order valence-corrected chi connectivity index (χ0v) is 8.55. The third-order valence-corrected chi connectivity index (χ3v) is 2.70. The molecule has 0 aromatic heterocycles. The summed E-state index contributed by atoms with van der Waals surface area (Å²) in [5.41, 5.74) is 0. The van der Waals surface area contributed by atoms with Gasteiger partial charge in [0.1, 0.15) is 0 Å². The Balaban J connectivity index is 2.30. The quantitative estimate of drug-likeness (QED) is 0.667. The molecule has 0 bridgehead atoms. The SMILES string of the molecule is C#CC(C)NC1CCCC(OC)C1. The predicted molar refractivity (Wildman–Crippen MR) is 54.5 cm³/mol. The van der Waals surface area contributed by atoms with Crippen molar-refractivity contribution in [2.24, 2.45) is 0 Å². The Labute approximate surface area is 81.0 Å². The summed E-state index contributed by atoms with van der Waals surface area (Å²) < 4.78 is 5.34. The van der Waals surface area contributed by atoms with Crippen LogP contribution in [-0.4, -0.2) is 25.3 Å². The number of rotatable bonds is 3. The largest absolute Gasteiger partial charge is 0.381 e. The summed E-state index contributed by atoms with van der Waals surface area (Å²) in [6, 6.07) is 0.727. The van der Waals surface area contributed by atoms with E-state index < -0.39 is 0 Å². The molecule has 3 unspecified atom stereocenters. The highest BCUT2D eigenvalue weighted by atomic mass is 16.5. The number of ether oxygens (including phenoxy) is 1. The normalized spacial score (nSPS) is 30.8. The standard InChI is InChI=1S/C11H19NO/c1-4-9(2)12-10-6-5-7-11(8-10)13-3/h1,9-12H,5-8H2,2-3H3. The summed E-state index contributed by atoms with van der Waals surface area (Å²) in [7, 11) is 1.79. The van der Waals surface area contributed by atoms with Crippen molar-refractivity contribution < 1.29 is 4.74 Å². The minimum absolute atomic E-state index is 0.181. The van der Waals surface area contributed by atoms with Crippen LogP contribution in [0.25, 0.3) is 0 Å². The van der Waals surface area contributed by atoms with E-state index in [2.05, 4.69) is 11.2 Å². The molecule has 3 atom stereocenters. The third-order valence-electron chi connectivity index (χ3n) is 2.70. The highest BCUT2D eigenvalue weighted by Gasteiger charge is 2.21. The maximum absolute atomic E-state index is 5.34. The molecule has 0 heterocycles. The molecular weight excluding hydrogens is 162 g/mol. The Kier molecular flexibility index (Phi) is 4.27. The van der Waals surface area contributed by atoms with E-state index in [-0.39, 0.29) is 6.04 Å². The van der Waals surface area contributed by atoms with E-state index in [9.17, 15) is 0 Å². The highest BCUT2D eigenvalue weighted by Crippen LogP contribution is 2.20. The van der Waals surface area contributed by atoms with Gasteiger partial charge in [-0.2, -0.15) is 0 Å². The molecule has 0 spiro atoms. The van der Waals surface area contributed by atoms with E-state index >= 15 is 0 Å². The number of hydrogen-bond acceptors (Lipinski definition) is 2. The average Bonchev–Trinajstić information content (AvgIpc) is 2.18. The average molecular weight is 181 g/mol. The molecule has 13 heavy (non-hydrogen) atoms. The predicted octanol–water partition coefficient (Wildman–Crippen LogP) is 1.56. The van der Waals surface area contributed by atoms with Crippen molar-refractivity contribution in [3.63, 3.8) is 0 Å². The minimum Gasteiger partial charge on any atom is -0.381 e. The molecule has 1 N–H and O–H groups in total. The molecule has 1 saturated carbocycles. The van der Waals surface area contributed by atoms with Crippen LogP contribution in [0, 0.1) is 12.3 Å². The highest BCUT2D eigenvalue weighted by molar-refractivity contribution is 4.97. The molecule has 1 fully saturated rings. The van der Waals surface area contributed by atoms with Gasteiger partial charge in [-0.1, -0.05) is 5.92 Å². The van der Waals surface area contributed by atoms with Crippen molar-refractivity contribution in [1.82, 2.24) is 5.32 Å². The molecule has 1 aliphatic rings. The van der Waals surface area contributed by atoms with E-state index in [1.807, 2.05) is 6.92 Å². The van der Waals surface area contributed by atoms with Crippen LogP contribution in [0.5, 0.6) is 0 Å². The fourth-order valence-corrected chi connectivity index (χ4v) is 1.91. The Hall–Kier alpha value is -0.520. The molecule has 0 saturated heterocycles. The van der Waals surface area contributed by atoms with Gasteiger partial charge in [-0.25, -0.2) is 0 Å². The van der Waals surface area contributed by atoms with E-state index in [1.165, 1.54) is 19.3 Å². The summed E-state index contributed by atoms with van der Waals surface area (Å²) in [4.78, 5) is 0. The smallest absolute Gasteiger partial charge is 0.0660 e. The first-order valence-corrected chi connectivity index (χ1v) is 5.01. The molecule has 74 valence electrons. The molecule has 0 amide bonds. The van der Waals surface area contributed by atoms with Gasteiger partial charge < -0.3 is 10.1 Å². The number of hydrogen-bond donors (Lipinski definition) is 1. The maximum Gasteiger partial charge on any atom is 0.0660 e. The van der Waals surface area contributed by atoms with Crippen molar-refractivity contribution >= 4 is 0 Å². The molecule has 0 aromatic rings. The van der Waals surface area contributed by atoms with Gasteiger partial charge in [0.2, 0.25) is 0 Å². The van der Waals surface area contributed by atoms with Gasteiger partial charge in [-0.05, 0) is 32.6 Å². The van der Waals surface area contributed by atoms with Crippen LogP contribution in [0.2, 0.25) is 0 Å². The molecule has 0 aromatic carbocycles. The number of nitrogens with one attached hydrogen (secondary N) is 1. The van der Waals surface area contributed by atoms with Crippen LogP contribution >= 0.6 is 0 Å². The second-order valence-corrected chi connectivity index (χ2v) is 3.78. The number of methoxy groups -OCH3 is 1. The summed E-state index contributed by atoms with van der Waals surface area (Å²) in [6.07, 6.45) is 10.5. The van der Waals surface area contributed by atoms with E-state index in [1.54, 1.807) is 7.11 Å². The fourth-order valence-electron chi connectivity index (χ4n) is 1.91. The molecule has 2 nitrogen and oxygen atoms in total. The van der Waals surface area contributed by atoms with Crippen molar-refractivity contribution in [2.75, 3.05) is 7.11 Å². The van der Waals surface area contributed by atoms with Gasteiger partial charge in [0.25, 0.3) is 0 Å². The van der Waals surface area contributed by atoms with Crippen LogP contribution in [0.1, 0.15) is 32.6 Å². The first kappa shape index (κ1) is 10.6. The minimum atomic E-state index is 0.181. The molecule has 1 rings (SSSR count). The lowest BCUT2D eigenvalue weighted by molar-refractivity contribution is 0.0582. The van der Waals surface area contributed by atoms with Crippen LogP contribution in [-0.2, 0) is 4.74 Å². The van der Waals surface area contributed by atoms with Crippen LogP contribution in [0.3, 0.4) is 0 Å². The lowest BCUT2D eigenvalue weighted by Gasteiger charge is -2.29. The zero-order valence-electron chi connectivity index (χ0n) is 8.55. The third kappa shape index (κ3) is 3.38. The summed E-state index contributed by atoms with van der Waals surface area (Å²) in [5.74, 6) is 2.69. The fraction of sp³-hybridized carbons (Fsp3) is 0.818. The van der Waals surface area contributed by atoms with Crippen molar-refractivity contribution in [2.45, 2.75) is 50.8 Å². The lowest BCUT2D eigenvalue weighted by Crippen LogP contribution is -2.40. The topological polar surface area (TPSA) is 21.3 Å². The van der Waals surface area contributed by atoms with Crippen molar-refractivity contribution in [3.8, 4) is 12.3 Å². The first-order valence-electron chi connectivity index (χ1n) is 5.01. The monoisotopic (exact) mass is 181 g/mol. The number of terminal acetylenes is 1. The van der Waals surface area contributed by atoms with E-state index in [4.69, 9.17) is 11.2 Å². The van der Waals surface area contributed by atoms with Gasteiger partial charge in [-0.3, -0.25) is 0 Å². The Morgan fingerprint density at radius 2 is 2.31 bits per heavy atom. The molecule has 1 aliphatic carbocycles. The van der Waals surface area contributed by atoms with Gasteiger partial charge in [0.05, 0.1) is 12.1 Å². The molecule has 0 radical (unpaired) electrons. The van der Waals surface area contributed by atoms with Crippen LogP contribution in [0.15, 0.2) is 0 Å². The van der Waals surface area contributed by atoms with Crippen LogP contribution in [0.4, 0.5) is 0 Å². The second-order valence-electron chi connectivity index (χ2n) is 3.78. The lowest BCUT2D eigenvalue weighted by atomic mass is 9.92. The Morgan fingerprint density at radius 1 is 1.54 bits per heavy atom. The van der Waals surface area contributed by atoms with Gasteiger partial charge in [0, 0.05) is 13.2 Å². The van der Waals surface area contributed by atoms with Crippen molar-refractivity contribution in [1.29, 1.82) is 0 Å². The zero-order chi connectivity index (χ0) is 9.68. The van der Waals surface area contributed by atoms with Gasteiger partial charge in [0.15, 0.2) is 0 Å². The van der Waals surface area contributed by atoms with E-state index in [0.717, 1.165) is 6.42 Å². The first-order chi connectivity index (χ1) is 6.26. The van der Waals surface area contributed by atoms with Gasteiger partial charge in [-0.15, -0.1) is 6.42 Å². The second kappa shape index (κ2) is 5.26. The maximum atomic E-state index is 5.34. The molecule has 0 aliphatic heterocycles. The molecule has 2 heteroatoms. The summed E-state index contributed by atoms with van der Waals surface area (Å²) in [6.45, 7) is 2.02. The Morgan fingerprint density at radius 3 is 2.92 bits per heavy atom. The summed E-state index contributed by atoms with van der Waals surface area (Å²) >= 11 is 0. The summed E-state index contributed by atoms with van der Waals surface area (Å²) in [5, 5.41) is 3.42. The van der Waals surface area contributed by atoms with Crippen LogP contribution < -0.4 is 5.32 Å². The Bertz CT molecular complexity index is 185. The van der Waals surface area contributed by atoms with Gasteiger partial charge >= 0.3 is 0 Å². The van der Waals surface area contributed by atoms with E-state index in [0.29, 0.717) is 12.1 Å². The van der Waals surface area contributed by atoms with Crippen molar-refractivity contribution in [3.05, 3.63) is 0 Å². The molecular formula is C11H19NO.